The molecule has 2 aromatic carbocycles. The molecule has 0 saturated heterocycles. The lowest BCUT2D eigenvalue weighted by atomic mass is 9.98. The number of ketones is 1. The van der Waals surface area contributed by atoms with E-state index in [0.29, 0.717) is 5.56 Å². The van der Waals surface area contributed by atoms with E-state index in [1.54, 1.807) is 30.3 Å². The van der Waals surface area contributed by atoms with E-state index in [0.717, 1.165) is 12.8 Å². The molecule has 0 aliphatic rings. The van der Waals surface area contributed by atoms with Gasteiger partial charge < -0.3 is 10.2 Å². The average molecular weight is 403 g/mol. The largest absolute Gasteiger partial charge is 0.449 e. The highest BCUT2D eigenvalue weighted by molar-refractivity contribution is 6.15. The maximum Gasteiger partial charge on any atom is 0.242 e. The minimum absolute atomic E-state index is 0.0206. The number of hydrogen-bond donors (Lipinski definition) is 2. The summed E-state index contributed by atoms with van der Waals surface area (Å²) in [5.74, 6) is -0.217. The summed E-state index contributed by atoms with van der Waals surface area (Å²) >= 11 is 0. The zero-order valence-electron chi connectivity index (χ0n) is 16.5. The maximum atomic E-state index is 13.2. The first kappa shape index (κ1) is 19.5. The van der Waals surface area contributed by atoms with Crippen molar-refractivity contribution in [3.05, 3.63) is 69.4 Å². The van der Waals surface area contributed by atoms with E-state index in [9.17, 15) is 9.59 Å². The van der Waals surface area contributed by atoms with Gasteiger partial charge in [0.15, 0.2) is 5.78 Å². The van der Waals surface area contributed by atoms with Crippen LogP contribution in [0.25, 0.3) is 22.6 Å². The highest BCUT2D eigenvalue weighted by atomic mass is 16.3. The van der Waals surface area contributed by atoms with Crippen LogP contribution >= 0.6 is 0 Å². The van der Waals surface area contributed by atoms with E-state index >= 15 is 0 Å². The van der Waals surface area contributed by atoms with Crippen LogP contribution in [0.15, 0.2) is 51.7 Å². The van der Waals surface area contributed by atoms with Crippen LogP contribution in [0.4, 0.5) is 5.69 Å². The van der Waals surface area contributed by atoms with Crippen molar-refractivity contribution in [2.75, 3.05) is 5.73 Å². The van der Waals surface area contributed by atoms with Gasteiger partial charge in [-0.1, -0.05) is 50.1 Å². The molecule has 2 aromatic heterocycles. The second-order valence-corrected chi connectivity index (χ2v) is 7.07. The zero-order chi connectivity index (χ0) is 21.1. The van der Waals surface area contributed by atoms with Crippen molar-refractivity contribution in [3.63, 3.8) is 0 Å². The summed E-state index contributed by atoms with van der Waals surface area (Å²) in [7, 11) is 0. The molecule has 0 atom stereocenters. The second kappa shape index (κ2) is 8.28. The van der Waals surface area contributed by atoms with Gasteiger partial charge in [-0.2, -0.15) is 5.21 Å². The van der Waals surface area contributed by atoms with Crippen molar-refractivity contribution in [1.82, 2.24) is 20.6 Å². The highest BCUT2D eigenvalue weighted by Crippen LogP contribution is 2.27. The highest BCUT2D eigenvalue weighted by Gasteiger charge is 2.21. The molecule has 0 unspecified atom stereocenters. The average Bonchev–Trinajstić information content (AvgIpc) is 3.31. The molecular weight excluding hydrogens is 382 g/mol. The predicted octanol–water partition coefficient (Wildman–Crippen LogP) is 3.52. The van der Waals surface area contributed by atoms with Crippen molar-refractivity contribution in [3.8, 4) is 11.6 Å². The molecule has 2 heterocycles. The van der Waals surface area contributed by atoms with E-state index in [4.69, 9.17) is 10.2 Å². The van der Waals surface area contributed by atoms with Crippen LogP contribution in [-0.4, -0.2) is 26.4 Å². The quantitative estimate of drug-likeness (QED) is 0.357. The Kier molecular flexibility index (Phi) is 5.38. The summed E-state index contributed by atoms with van der Waals surface area (Å²) in [6.45, 7) is 2.17. The van der Waals surface area contributed by atoms with Crippen molar-refractivity contribution in [1.29, 1.82) is 0 Å². The van der Waals surface area contributed by atoms with Gasteiger partial charge >= 0.3 is 0 Å². The third-order valence-electron chi connectivity index (χ3n) is 5.03. The third-order valence-corrected chi connectivity index (χ3v) is 5.03. The van der Waals surface area contributed by atoms with E-state index in [-0.39, 0.29) is 39.6 Å². The number of rotatable bonds is 7. The Bertz CT molecular complexity index is 1240. The number of hydrogen-bond acceptors (Lipinski definition) is 7. The van der Waals surface area contributed by atoms with Gasteiger partial charge in [0.2, 0.25) is 17.0 Å². The number of nitrogens with one attached hydrogen (secondary N) is 1. The molecule has 0 bridgehead atoms. The maximum absolute atomic E-state index is 13.2. The Morgan fingerprint density at radius 2 is 1.93 bits per heavy atom. The Morgan fingerprint density at radius 3 is 2.63 bits per heavy atom. The summed E-state index contributed by atoms with van der Waals surface area (Å²) < 4.78 is 5.85. The molecule has 152 valence electrons. The van der Waals surface area contributed by atoms with Crippen LogP contribution in [0, 0.1) is 0 Å². The monoisotopic (exact) mass is 403 g/mol. The smallest absolute Gasteiger partial charge is 0.242 e. The number of aromatic nitrogens is 4. The molecule has 0 fully saturated rings. The molecular formula is C22H21N5O3. The van der Waals surface area contributed by atoms with E-state index < -0.39 is 5.43 Å². The lowest BCUT2D eigenvalue weighted by molar-refractivity contribution is 0.103. The Labute approximate surface area is 172 Å². The lowest BCUT2D eigenvalue weighted by Gasteiger charge is -2.08. The molecule has 4 rings (SSSR count). The molecule has 0 aliphatic heterocycles. The number of unbranched alkanes of at least 4 members (excludes halogenated alkanes) is 2. The number of carbonyl (C=O) groups excluding carboxylic acids is 1. The van der Waals surface area contributed by atoms with Crippen LogP contribution in [0.3, 0.4) is 0 Å². The summed E-state index contributed by atoms with van der Waals surface area (Å²) in [6, 6.07) is 12.4. The number of nitrogens with zero attached hydrogens (tertiary/aromatic N) is 3. The van der Waals surface area contributed by atoms with Crippen LogP contribution < -0.4 is 11.2 Å². The molecule has 0 amide bonds. The normalized spacial score (nSPS) is 11.1. The number of aromatic amines is 1. The number of nitrogen functional groups attached to an aromatic ring is 1. The fourth-order valence-corrected chi connectivity index (χ4v) is 3.39. The summed E-state index contributed by atoms with van der Waals surface area (Å²) in [4.78, 5) is 25.9. The number of aryl methyl sites for hydroxylation is 1. The third kappa shape index (κ3) is 3.59. The first-order chi connectivity index (χ1) is 14.6. The fraction of sp³-hybridized carbons (Fsp3) is 0.227. The number of carbonyl (C=O) groups is 1. The first-order valence-electron chi connectivity index (χ1n) is 9.83. The van der Waals surface area contributed by atoms with Gasteiger partial charge in [0.05, 0.1) is 10.9 Å². The second-order valence-electron chi connectivity index (χ2n) is 7.07. The number of fused-ring (bicyclic) bond motifs is 1. The standard InChI is InChI=1S/C22H21N5O3/c1-2-3-4-6-13-9-11-14(12-10-13)18(28)15-7-5-8-16-19(29)17(23)21(30-20(15)16)22-24-26-27-25-22/h5,7-12H,2-4,6,23H2,1H3,(H,24,25,26,27). The molecule has 8 nitrogen and oxygen atoms in total. The Hall–Kier alpha value is -3.81. The SMILES string of the molecule is CCCCCc1ccc(C(=O)c2cccc3c(=O)c(N)c(-c4nn[nH]n4)oc23)cc1. The number of benzene rings is 2. The van der Waals surface area contributed by atoms with Crippen molar-refractivity contribution < 1.29 is 9.21 Å². The first-order valence-corrected chi connectivity index (χ1v) is 9.83. The zero-order valence-corrected chi connectivity index (χ0v) is 16.5. The van der Waals surface area contributed by atoms with Crippen LogP contribution in [-0.2, 0) is 6.42 Å². The number of para-hydroxylation sites is 1. The summed E-state index contributed by atoms with van der Waals surface area (Å²) in [5, 5.41) is 13.6. The van der Waals surface area contributed by atoms with Gasteiger partial charge in [0, 0.05) is 5.56 Å². The predicted molar refractivity (Wildman–Crippen MR) is 113 cm³/mol. The molecule has 30 heavy (non-hydrogen) atoms. The van der Waals surface area contributed by atoms with Gasteiger partial charge in [-0.25, -0.2) is 0 Å². The minimum Gasteiger partial charge on any atom is -0.449 e. The molecule has 4 aromatic rings. The van der Waals surface area contributed by atoms with Crippen LogP contribution in [0.1, 0.15) is 47.7 Å². The van der Waals surface area contributed by atoms with Crippen molar-refractivity contribution in [2.24, 2.45) is 0 Å². The summed E-state index contributed by atoms with van der Waals surface area (Å²) in [5.41, 5.74) is 7.47. The van der Waals surface area contributed by atoms with Gasteiger partial charge in [0.1, 0.15) is 11.3 Å². The number of nitrogens with two attached hydrogens (primary N) is 1. The number of anilines is 1. The molecule has 0 aliphatic carbocycles. The van der Waals surface area contributed by atoms with E-state index in [1.165, 1.54) is 18.4 Å². The Balaban J connectivity index is 1.75. The molecule has 0 saturated carbocycles. The minimum atomic E-state index is -0.447. The van der Waals surface area contributed by atoms with Crippen LogP contribution in [0.5, 0.6) is 0 Å². The molecule has 0 radical (unpaired) electrons. The van der Waals surface area contributed by atoms with Gasteiger partial charge in [-0.05, 0) is 35.8 Å². The van der Waals surface area contributed by atoms with Crippen molar-refractivity contribution in [2.45, 2.75) is 32.6 Å². The van der Waals surface area contributed by atoms with Gasteiger partial charge in [-0.3, -0.25) is 9.59 Å². The number of H-pyrrole nitrogens is 1. The number of tetrazole rings is 1. The van der Waals surface area contributed by atoms with Gasteiger partial charge in [0.25, 0.3) is 0 Å². The molecule has 3 N–H and O–H groups in total. The lowest BCUT2D eigenvalue weighted by Crippen LogP contribution is -2.12. The van der Waals surface area contributed by atoms with Crippen LogP contribution in [0.2, 0.25) is 0 Å². The topological polar surface area (TPSA) is 128 Å². The van der Waals surface area contributed by atoms with E-state index in [1.807, 2.05) is 12.1 Å². The van der Waals surface area contributed by atoms with Gasteiger partial charge in [-0.15, -0.1) is 10.2 Å². The molecule has 0 spiro atoms. The molecule has 8 heteroatoms. The van der Waals surface area contributed by atoms with E-state index in [2.05, 4.69) is 27.5 Å². The fourth-order valence-electron chi connectivity index (χ4n) is 3.39. The van der Waals surface area contributed by atoms with Crippen molar-refractivity contribution >= 4 is 22.4 Å². The Morgan fingerprint density at radius 1 is 1.13 bits per heavy atom. The summed E-state index contributed by atoms with van der Waals surface area (Å²) in [6.07, 6.45) is 4.46.